The lowest BCUT2D eigenvalue weighted by atomic mass is 10.1. The van der Waals surface area contributed by atoms with Crippen molar-refractivity contribution in [3.05, 3.63) is 52.9 Å². The summed E-state index contributed by atoms with van der Waals surface area (Å²) in [5, 5.41) is 12.8. The summed E-state index contributed by atoms with van der Waals surface area (Å²) in [6, 6.07) is 6.90. The number of aliphatic hydroxyl groups is 1. The maximum Gasteiger partial charge on any atom is 0.241 e. The Labute approximate surface area is 138 Å². The van der Waals surface area contributed by atoms with Crippen LogP contribution in [-0.4, -0.2) is 32.1 Å². The summed E-state index contributed by atoms with van der Waals surface area (Å²) in [5.41, 5.74) is 0.369. The number of anilines is 1. The minimum absolute atomic E-state index is 0.0168. The van der Waals surface area contributed by atoms with Gasteiger partial charge in [0.15, 0.2) is 0 Å². The first-order chi connectivity index (χ1) is 10.8. The number of sulfonamides is 1. The van der Waals surface area contributed by atoms with Gasteiger partial charge in [0.05, 0.1) is 11.1 Å². The highest BCUT2D eigenvalue weighted by Crippen LogP contribution is 2.20. The lowest BCUT2D eigenvalue weighted by molar-refractivity contribution is 0.191. The lowest BCUT2D eigenvalue weighted by Gasteiger charge is -2.13. The average Bonchev–Trinajstić information content (AvgIpc) is 2.55. The van der Waals surface area contributed by atoms with E-state index < -0.39 is 21.9 Å². The predicted octanol–water partition coefficient (Wildman–Crippen LogP) is 1.93. The summed E-state index contributed by atoms with van der Waals surface area (Å²) in [5.74, 6) is -0.225. The zero-order valence-corrected chi connectivity index (χ0v) is 13.7. The second kappa shape index (κ2) is 7.22. The zero-order valence-electron chi connectivity index (χ0n) is 12.1. The molecule has 1 unspecified atom stereocenters. The standard InChI is InChI=1S/C14H15ClFN3O3S/c1-17-23(21,22)10-3-5-14(18-7-10)19-8-13(20)9-2-4-11(15)12(16)6-9/h2-7,13,17,20H,8H2,1H3,(H,18,19). The molecule has 1 atom stereocenters. The van der Waals surface area contributed by atoms with Crippen LogP contribution in [-0.2, 0) is 10.0 Å². The van der Waals surface area contributed by atoms with E-state index in [4.69, 9.17) is 11.6 Å². The third kappa shape index (κ3) is 4.38. The highest BCUT2D eigenvalue weighted by atomic mass is 35.5. The number of benzene rings is 1. The van der Waals surface area contributed by atoms with Gasteiger partial charge in [0.25, 0.3) is 0 Å². The average molecular weight is 360 g/mol. The molecule has 1 heterocycles. The number of nitrogens with one attached hydrogen (secondary N) is 2. The fourth-order valence-electron chi connectivity index (χ4n) is 1.80. The Balaban J connectivity index is 2.01. The van der Waals surface area contributed by atoms with E-state index in [1.807, 2.05) is 0 Å². The Kier molecular flexibility index (Phi) is 5.53. The maximum atomic E-state index is 13.4. The number of rotatable bonds is 6. The molecular formula is C14H15ClFN3O3S. The second-order valence-electron chi connectivity index (χ2n) is 4.66. The molecule has 0 aliphatic carbocycles. The van der Waals surface area contributed by atoms with Crippen LogP contribution in [0, 0.1) is 5.82 Å². The Morgan fingerprint density at radius 2 is 2.09 bits per heavy atom. The smallest absolute Gasteiger partial charge is 0.241 e. The van der Waals surface area contributed by atoms with E-state index in [0.717, 1.165) is 6.07 Å². The number of nitrogens with zero attached hydrogens (tertiary/aromatic N) is 1. The molecule has 0 spiro atoms. The van der Waals surface area contributed by atoms with Crippen LogP contribution in [0.15, 0.2) is 41.4 Å². The van der Waals surface area contributed by atoms with Crippen LogP contribution in [0.4, 0.5) is 10.2 Å². The molecule has 0 aliphatic heterocycles. The van der Waals surface area contributed by atoms with Crippen molar-refractivity contribution in [3.8, 4) is 0 Å². The van der Waals surface area contributed by atoms with E-state index in [0.29, 0.717) is 11.4 Å². The molecule has 2 aromatic rings. The molecule has 3 N–H and O–H groups in total. The molecule has 9 heteroatoms. The van der Waals surface area contributed by atoms with Crippen molar-refractivity contribution in [1.29, 1.82) is 0 Å². The number of hydrogen-bond acceptors (Lipinski definition) is 5. The third-order valence-corrected chi connectivity index (χ3v) is 4.83. The molecule has 1 aromatic heterocycles. The van der Waals surface area contributed by atoms with Crippen molar-refractivity contribution in [1.82, 2.24) is 9.71 Å². The minimum atomic E-state index is -3.54. The van der Waals surface area contributed by atoms with Gasteiger partial charge < -0.3 is 10.4 Å². The fraction of sp³-hybridized carbons (Fsp3) is 0.214. The molecule has 124 valence electrons. The highest BCUT2D eigenvalue weighted by Gasteiger charge is 2.13. The van der Waals surface area contributed by atoms with Gasteiger partial charge in [-0.05, 0) is 36.9 Å². The van der Waals surface area contributed by atoms with Gasteiger partial charge in [-0.1, -0.05) is 17.7 Å². The number of aromatic nitrogens is 1. The molecule has 1 aromatic carbocycles. The Hall–Kier alpha value is -1.74. The Morgan fingerprint density at radius 3 is 2.65 bits per heavy atom. The maximum absolute atomic E-state index is 13.4. The number of hydrogen-bond donors (Lipinski definition) is 3. The molecule has 23 heavy (non-hydrogen) atoms. The molecule has 0 bridgehead atoms. The summed E-state index contributed by atoms with van der Waals surface area (Å²) < 4.78 is 38.7. The lowest BCUT2D eigenvalue weighted by Crippen LogP contribution is -2.19. The van der Waals surface area contributed by atoms with Crippen LogP contribution >= 0.6 is 11.6 Å². The van der Waals surface area contributed by atoms with E-state index in [9.17, 15) is 17.9 Å². The van der Waals surface area contributed by atoms with Crippen LogP contribution in [0.1, 0.15) is 11.7 Å². The Bertz CT molecular complexity index is 784. The van der Waals surface area contributed by atoms with Crippen LogP contribution in [0.25, 0.3) is 0 Å². The molecule has 0 radical (unpaired) electrons. The van der Waals surface area contributed by atoms with Gasteiger partial charge in [-0.15, -0.1) is 0 Å². The minimum Gasteiger partial charge on any atom is -0.387 e. The number of halogens is 2. The van der Waals surface area contributed by atoms with Crippen molar-refractivity contribution in [2.24, 2.45) is 0 Å². The molecule has 0 saturated carbocycles. The van der Waals surface area contributed by atoms with E-state index in [1.54, 1.807) is 0 Å². The number of aliphatic hydroxyl groups excluding tert-OH is 1. The van der Waals surface area contributed by atoms with Gasteiger partial charge >= 0.3 is 0 Å². The quantitative estimate of drug-likeness (QED) is 0.733. The monoisotopic (exact) mass is 359 g/mol. The molecule has 0 aliphatic rings. The highest BCUT2D eigenvalue weighted by molar-refractivity contribution is 7.89. The summed E-state index contributed by atoms with van der Waals surface area (Å²) in [7, 11) is -2.23. The largest absolute Gasteiger partial charge is 0.387 e. The van der Waals surface area contributed by atoms with Crippen LogP contribution in [0.3, 0.4) is 0 Å². The van der Waals surface area contributed by atoms with Gasteiger partial charge in [0.1, 0.15) is 16.5 Å². The van der Waals surface area contributed by atoms with Gasteiger partial charge in [-0.3, -0.25) is 0 Å². The second-order valence-corrected chi connectivity index (χ2v) is 6.95. The summed E-state index contributed by atoms with van der Waals surface area (Å²) >= 11 is 5.59. The SMILES string of the molecule is CNS(=O)(=O)c1ccc(NCC(O)c2ccc(Cl)c(F)c2)nc1. The van der Waals surface area contributed by atoms with Crippen molar-refractivity contribution in [2.75, 3.05) is 18.9 Å². The Morgan fingerprint density at radius 1 is 1.35 bits per heavy atom. The molecule has 0 amide bonds. The van der Waals surface area contributed by atoms with Crippen molar-refractivity contribution in [3.63, 3.8) is 0 Å². The van der Waals surface area contributed by atoms with E-state index in [-0.39, 0.29) is 16.5 Å². The zero-order chi connectivity index (χ0) is 17.0. The predicted molar refractivity (Wildman–Crippen MR) is 85.3 cm³/mol. The normalized spacial score (nSPS) is 12.9. The summed E-state index contributed by atoms with van der Waals surface area (Å²) in [4.78, 5) is 3.99. The van der Waals surface area contributed by atoms with Crippen molar-refractivity contribution < 1.29 is 17.9 Å². The van der Waals surface area contributed by atoms with E-state index in [2.05, 4.69) is 15.0 Å². The van der Waals surface area contributed by atoms with Gasteiger partial charge in [0, 0.05) is 12.7 Å². The first-order valence-corrected chi connectivity index (χ1v) is 8.46. The van der Waals surface area contributed by atoms with Crippen LogP contribution in [0.2, 0.25) is 5.02 Å². The van der Waals surface area contributed by atoms with Gasteiger partial charge in [-0.25, -0.2) is 22.5 Å². The molecule has 0 saturated heterocycles. The molecule has 2 rings (SSSR count). The third-order valence-electron chi connectivity index (χ3n) is 3.12. The van der Waals surface area contributed by atoms with Crippen LogP contribution in [0.5, 0.6) is 0 Å². The molecule has 0 fully saturated rings. The summed E-state index contributed by atoms with van der Waals surface area (Å²) in [6.07, 6.45) is 0.229. The van der Waals surface area contributed by atoms with E-state index in [1.165, 1.54) is 37.5 Å². The first kappa shape index (κ1) is 17.6. The molecular weight excluding hydrogens is 345 g/mol. The summed E-state index contributed by atoms with van der Waals surface area (Å²) in [6.45, 7) is 0.0756. The number of pyridine rings is 1. The molecule has 6 nitrogen and oxygen atoms in total. The van der Waals surface area contributed by atoms with E-state index >= 15 is 0 Å². The first-order valence-electron chi connectivity index (χ1n) is 6.60. The van der Waals surface area contributed by atoms with Gasteiger partial charge in [0.2, 0.25) is 10.0 Å². The van der Waals surface area contributed by atoms with Crippen molar-refractivity contribution in [2.45, 2.75) is 11.0 Å². The van der Waals surface area contributed by atoms with Crippen molar-refractivity contribution >= 4 is 27.4 Å². The fourth-order valence-corrected chi connectivity index (χ4v) is 2.59. The topological polar surface area (TPSA) is 91.3 Å². The van der Waals surface area contributed by atoms with Crippen LogP contribution < -0.4 is 10.0 Å². The van der Waals surface area contributed by atoms with Gasteiger partial charge in [-0.2, -0.15) is 0 Å².